The molecule has 4 heteroatoms. The van der Waals surface area contributed by atoms with Gasteiger partial charge in [-0.1, -0.05) is 11.8 Å². The molecule has 0 spiro atoms. The molecule has 1 aliphatic carbocycles. The summed E-state index contributed by atoms with van der Waals surface area (Å²) in [6.07, 6.45) is 2.25. The summed E-state index contributed by atoms with van der Waals surface area (Å²) in [4.78, 5) is 15.9. The van der Waals surface area contributed by atoms with Gasteiger partial charge in [-0.25, -0.2) is 0 Å². The lowest BCUT2D eigenvalue weighted by molar-refractivity contribution is 0.0757. The molecule has 0 aromatic carbocycles. The molecular formula is C14H17NO2S. The molecule has 1 fully saturated rings. The number of hydrogen-bond acceptors (Lipinski definition) is 3. The summed E-state index contributed by atoms with van der Waals surface area (Å²) in [5.41, 5.74) is 1.01. The predicted octanol–water partition coefficient (Wildman–Crippen LogP) is 2.02. The molecule has 0 saturated heterocycles. The van der Waals surface area contributed by atoms with E-state index in [1.807, 2.05) is 24.8 Å². The maximum absolute atomic E-state index is 12.3. The Morgan fingerprint density at radius 2 is 2.33 bits per heavy atom. The Hall–Kier alpha value is -1.31. The van der Waals surface area contributed by atoms with Crippen LogP contribution in [-0.4, -0.2) is 35.1 Å². The van der Waals surface area contributed by atoms with Gasteiger partial charge >= 0.3 is 0 Å². The Morgan fingerprint density at radius 1 is 1.61 bits per heavy atom. The third-order valence-electron chi connectivity index (χ3n) is 3.00. The number of thiophene rings is 1. The number of carbonyl (C=O) groups excluding carboxylic acids is 1. The molecule has 1 saturated carbocycles. The summed E-state index contributed by atoms with van der Waals surface area (Å²) >= 11 is 1.42. The lowest BCUT2D eigenvalue weighted by Gasteiger charge is -2.19. The first-order chi connectivity index (χ1) is 8.67. The quantitative estimate of drug-likeness (QED) is 0.848. The van der Waals surface area contributed by atoms with Gasteiger partial charge in [0.2, 0.25) is 0 Å². The molecule has 0 atom stereocenters. The van der Waals surface area contributed by atoms with Crippen molar-refractivity contribution < 1.29 is 9.90 Å². The monoisotopic (exact) mass is 263 g/mol. The summed E-state index contributed by atoms with van der Waals surface area (Å²) < 4.78 is 0. The van der Waals surface area contributed by atoms with Gasteiger partial charge < -0.3 is 10.0 Å². The summed E-state index contributed by atoms with van der Waals surface area (Å²) in [7, 11) is 0. The molecule has 96 valence electrons. The highest BCUT2D eigenvalue weighted by Crippen LogP contribution is 2.30. The van der Waals surface area contributed by atoms with Gasteiger partial charge in [-0.2, -0.15) is 0 Å². The largest absolute Gasteiger partial charge is 0.384 e. The van der Waals surface area contributed by atoms with Crippen molar-refractivity contribution in [2.75, 3.05) is 13.2 Å². The standard InChI is InChI=1S/C14H17NO2S/c1-3-15(11-6-7-11)14(17)13-9-10(2)12(18-13)5-4-8-16/h9,11,16H,3,6-8H2,1-2H3. The highest BCUT2D eigenvalue weighted by Gasteiger charge is 2.32. The molecule has 0 unspecified atom stereocenters. The third kappa shape index (κ3) is 2.74. The fraction of sp³-hybridized carbons (Fsp3) is 0.500. The molecule has 1 N–H and O–H groups in total. The number of aliphatic hydroxyl groups is 1. The highest BCUT2D eigenvalue weighted by molar-refractivity contribution is 7.14. The SMILES string of the molecule is CCN(C(=O)c1cc(C)c(C#CCO)s1)C1CC1. The number of amides is 1. The Kier molecular flexibility index (Phi) is 4.05. The molecule has 1 aromatic heterocycles. The average molecular weight is 263 g/mol. The fourth-order valence-corrected chi connectivity index (χ4v) is 2.93. The molecule has 1 aromatic rings. The normalized spacial score (nSPS) is 13.9. The van der Waals surface area contributed by atoms with Crippen LogP contribution in [0, 0.1) is 18.8 Å². The summed E-state index contributed by atoms with van der Waals surface area (Å²) in [6, 6.07) is 2.34. The zero-order valence-corrected chi connectivity index (χ0v) is 11.5. The smallest absolute Gasteiger partial charge is 0.264 e. The zero-order chi connectivity index (χ0) is 13.1. The molecule has 0 radical (unpaired) electrons. The van der Waals surface area contributed by atoms with Crippen LogP contribution in [0.2, 0.25) is 0 Å². The molecule has 1 heterocycles. The molecule has 18 heavy (non-hydrogen) atoms. The van der Waals surface area contributed by atoms with Gasteiger partial charge in [0.1, 0.15) is 6.61 Å². The summed E-state index contributed by atoms with van der Waals surface area (Å²) in [6.45, 7) is 4.58. The van der Waals surface area contributed by atoms with Crippen molar-refractivity contribution in [3.63, 3.8) is 0 Å². The van der Waals surface area contributed by atoms with Crippen LogP contribution in [0.1, 0.15) is 39.9 Å². The van der Waals surface area contributed by atoms with Crippen LogP contribution >= 0.6 is 11.3 Å². The van der Waals surface area contributed by atoms with Gasteiger partial charge in [0.15, 0.2) is 0 Å². The molecule has 2 rings (SSSR count). The Labute approximate surface area is 111 Å². The first kappa shape index (κ1) is 13.1. The van der Waals surface area contributed by atoms with Gasteiger partial charge in [0, 0.05) is 12.6 Å². The van der Waals surface area contributed by atoms with Crippen molar-refractivity contribution in [3.05, 3.63) is 21.4 Å². The number of rotatable bonds is 3. The number of aryl methyl sites for hydroxylation is 1. The van der Waals surface area contributed by atoms with Crippen molar-refractivity contribution >= 4 is 17.2 Å². The minimum atomic E-state index is -0.149. The van der Waals surface area contributed by atoms with E-state index in [2.05, 4.69) is 11.8 Å². The molecule has 0 bridgehead atoms. The van der Waals surface area contributed by atoms with E-state index in [-0.39, 0.29) is 12.5 Å². The zero-order valence-electron chi connectivity index (χ0n) is 10.7. The Balaban J connectivity index is 2.20. The summed E-state index contributed by atoms with van der Waals surface area (Å²) in [5.74, 6) is 5.63. The van der Waals surface area contributed by atoms with Crippen molar-refractivity contribution in [1.82, 2.24) is 4.90 Å². The van der Waals surface area contributed by atoms with Crippen molar-refractivity contribution in [2.45, 2.75) is 32.7 Å². The molecular weight excluding hydrogens is 246 g/mol. The third-order valence-corrected chi connectivity index (χ3v) is 4.14. The van der Waals surface area contributed by atoms with Gasteiger partial charge in [0.25, 0.3) is 5.91 Å². The van der Waals surface area contributed by atoms with E-state index in [4.69, 9.17) is 5.11 Å². The van der Waals surface area contributed by atoms with E-state index in [0.717, 1.165) is 34.7 Å². The second-order valence-corrected chi connectivity index (χ2v) is 5.46. The van der Waals surface area contributed by atoms with Crippen LogP contribution in [0.3, 0.4) is 0 Å². The minimum absolute atomic E-state index is 0.116. The number of aliphatic hydroxyl groups excluding tert-OH is 1. The maximum atomic E-state index is 12.3. The van der Waals surface area contributed by atoms with Crippen molar-refractivity contribution in [3.8, 4) is 11.8 Å². The summed E-state index contributed by atoms with van der Waals surface area (Å²) in [5, 5.41) is 8.70. The maximum Gasteiger partial charge on any atom is 0.264 e. The molecule has 0 aliphatic heterocycles. The fourth-order valence-electron chi connectivity index (χ4n) is 1.93. The van der Waals surface area contributed by atoms with Gasteiger partial charge in [0.05, 0.1) is 9.75 Å². The van der Waals surface area contributed by atoms with E-state index >= 15 is 0 Å². The van der Waals surface area contributed by atoms with Crippen LogP contribution in [0.5, 0.6) is 0 Å². The lowest BCUT2D eigenvalue weighted by Crippen LogP contribution is -2.32. The van der Waals surface area contributed by atoms with Crippen LogP contribution in [-0.2, 0) is 0 Å². The lowest BCUT2D eigenvalue weighted by atomic mass is 10.2. The number of hydrogen-bond donors (Lipinski definition) is 1. The van der Waals surface area contributed by atoms with E-state index < -0.39 is 0 Å². The van der Waals surface area contributed by atoms with Crippen LogP contribution in [0.15, 0.2) is 6.07 Å². The van der Waals surface area contributed by atoms with E-state index in [0.29, 0.717) is 6.04 Å². The van der Waals surface area contributed by atoms with E-state index in [1.54, 1.807) is 0 Å². The highest BCUT2D eigenvalue weighted by atomic mass is 32.1. The van der Waals surface area contributed by atoms with Crippen LogP contribution in [0.4, 0.5) is 0 Å². The molecule has 1 aliphatic rings. The van der Waals surface area contributed by atoms with Crippen LogP contribution < -0.4 is 0 Å². The van der Waals surface area contributed by atoms with E-state index in [1.165, 1.54) is 11.3 Å². The van der Waals surface area contributed by atoms with Crippen molar-refractivity contribution in [1.29, 1.82) is 0 Å². The van der Waals surface area contributed by atoms with Gasteiger partial charge in [-0.3, -0.25) is 4.79 Å². The number of nitrogens with zero attached hydrogens (tertiary/aromatic N) is 1. The Morgan fingerprint density at radius 3 is 2.89 bits per heavy atom. The Bertz CT molecular complexity index is 506. The first-order valence-corrected chi connectivity index (χ1v) is 7.00. The number of carbonyl (C=O) groups is 1. The topological polar surface area (TPSA) is 40.5 Å². The van der Waals surface area contributed by atoms with Crippen molar-refractivity contribution in [2.24, 2.45) is 0 Å². The minimum Gasteiger partial charge on any atom is -0.384 e. The van der Waals surface area contributed by atoms with Gasteiger partial charge in [-0.15, -0.1) is 11.3 Å². The average Bonchev–Trinajstić information content (AvgIpc) is 3.11. The second kappa shape index (κ2) is 5.55. The molecule has 3 nitrogen and oxygen atoms in total. The second-order valence-electron chi connectivity index (χ2n) is 4.41. The van der Waals surface area contributed by atoms with E-state index in [9.17, 15) is 4.79 Å². The van der Waals surface area contributed by atoms with Gasteiger partial charge in [-0.05, 0) is 38.3 Å². The first-order valence-electron chi connectivity index (χ1n) is 6.18. The van der Waals surface area contributed by atoms with Crippen LogP contribution in [0.25, 0.3) is 0 Å². The molecule has 1 amide bonds. The predicted molar refractivity (Wildman–Crippen MR) is 72.8 cm³/mol.